The molecule has 0 saturated carbocycles. The van der Waals surface area contributed by atoms with Gasteiger partial charge in [0.25, 0.3) is 0 Å². The van der Waals surface area contributed by atoms with E-state index in [1.54, 1.807) is 0 Å². The fraction of sp³-hybridized carbons (Fsp3) is 0.0800. The normalized spacial score (nSPS) is 17.5. The van der Waals surface area contributed by atoms with Crippen molar-refractivity contribution in [2.24, 2.45) is 5.73 Å². The molecule has 1 aliphatic carbocycles. The highest BCUT2D eigenvalue weighted by molar-refractivity contribution is 6.02. The maximum absolute atomic E-state index is 12.6. The molecule has 0 radical (unpaired) electrons. The minimum atomic E-state index is -0.820. The largest absolute Gasteiger partial charge is 0.464 e. The van der Waals surface area contributed by atoms with Crippen LogP contribution in [0, 0.1) is 0 Å². The molecule has 28 heavy (non-hydrogen) atoms. The summed E-state index contributed by atoms with van der Waals surface area (Å²) < 4.78 is 6.23. The second kappa shape index (κ2) is 5.96. The lowest BCUT2D eigenvalue weighted by Crippen LogP contribution is -2.34. The highest BCUT2D eigenvalue weighted by Gasteiger charge is 2.56. The van der Waals surface area contributed by atoms with Gasteiger partial charge >= 0.3 is 0 Å². The Kier molecular flexibility index (Phi) is 3.53. The molecule has 3 heteroatoms. The molecule has 1 amide bonds. The van der Waals surface area contributed by atoms with Crippen LogP contribution in [-0.4, -0.2) is 5.91 Å². The van der Waals surface area contributed by atoms with E-state index in [-0.39, 0.29) is 0 Å². The number of benzene rings is 3. The van der Waals surface area contributed by atoms with E-state index in [9.17, 15) is 4.79 Å². The summed E-state index contributed by atoms with van der Waals surface area (Å²) in [4.78, 5) is 12.6. The quantitative estimate of drug-likeness (QED) is 0.710. The molecule has 0 saturated heterocycles. The van der Waals surface area contributed by atoms with Crippen molar-refractivity contribution in [3.8, 4) is 11.1 Å². The van der Waals surface area contributed by atoms with Crippen LogP contribution in [0.3, 0.4) is 0 Å². The SMILES string of the molecule is CC1=C(C(N)=O)C2(/C(=C/c3ccccc3)O1)c1ccccc1-c1ccccc12. The maximum atomic E-state index is 12.6. The van der Waals surface area contributed by atoms with Gasteiger partial charge in [-0.25, -0.2) is 0 Å². The first-order valence-corrected chi connectivity index (χ1v) is 9.29. The Hall–Kier alpha value is -3.59. The molecular formula is C25H19NO2. The molecule has 0 atom stereocenters. The third-order valence-corrected chi connectivity index (χ3v) is 5.66. The van der Waals surface area contributed by atoms with E-state index in [0.29, 0.717) is 17.1 Å². The molecule has 0 aromatic heterocycles. The molecule has 2 N–H and O–H groups in total. The first-order valence-electron chi connectivity index (χ1n) is 9.29. The minimum absolute atomic E-state index is 0.458. The van der Waals surface area contributed by atoms with Gasteiger partial charge in [-0.1, -0.05) is 78.9 Å². The van der Waals surface area contributed by atoms with Crippen molar-refractivity contribution in [3.63, 3.8) is 0 Å². The molecule has 2 aliphatic rings. The second-order valence-electron chi connectivity index (χ2n) is 7.16. The van der Waals surface area contributed by atoms with Crippen molar-refractivity contribution in [3.05, 3.63) is 113 Å². The van der Waals surface area contributed by atoms with Crippen molar-refractivity contribution < 1.29 is 9.53 Å². The van der Waals surface area contributed by atoms with E-state index < -0.39 is 11.3 Å². The molecule has 136 valence electrons. The van der Waals surface area contributed by atoms with Crippen LogP contribution in [0.15, 0.2) is 96.0 Å². The number of carbonyl (C=O) groups excluding carboxylic acids is 1. The van der Waals surface area contributed by atoms with Gasteiger partial charge in [-0.15, -0.1) is 0 Å². The van der Waals surface area contributed by atoms with Gasteiger partial charge in [-0.3, -0.25) is 4.79 Å². The van der Waals surface area contributed by atoms with Gasteiger partial charge in [0.1, 0.15) is 16.9 Å². The number of amides is 1. The van der Waals surface area contributed by atoms with Crippen LogP contribution in [0.2, 0.25) is 0 Å². The van der Waals surface area contributed by atoms with Crippen LogP contribution in [-0.2, 0) is 14.9 Å². The van der Waals surface area contributed by atoms with Crippen LogP contribution in [0.5, 0.6) is 0 Å². The fourth-order valence-corrected chi connectivity index (χ4v) is 4.65. The Labute approximate surface area is 163 Å². The molecule has 5 rings (SSSR count). The third-order valence-electron chi connectivity index (χ3n) is 5.66. The monoisotopic (exact) mass is 365 g/mol. The Morgan fingerprint density at radius 3 is 1.96 bits per heavy atom. The van der Waals surface area contributed by atoms with Crippen LogP contribution in [0.1, 0.15) is 23.6 Å². The Morgan fingerprint density at radius 2 is 1.39 bits per heavy atom. The number of primary amides is 1. The predicted molar refractivity (Wildman–Crippen MR) is 110 cm³/mol. The summed E-state index contributed by atoms with van der Waals surface area (Å²) in [5, 5.41) is 0. The van der Waals surface area contributed by atoms with Gasteiger partial charge in [0, 0.05) is 0 Å². The van der Waals surface area contributed by atoms with Crippen molar-refractivity contribution in [1.29, 1.82) is 0 Å². The summed E-state index contributed by atoms with van der Waals surface area (Å²) in [6.45, 7) is 1.82. The predicted octanol–water partition coefficient (Wildman–Crippen LogP) is 4.78. The number of nitrogens with two attached hydrogens (primary N) is 1. The van der Waals surface area contributed by atoms with Crippen molar-refractivity contribution in [2.75, 3.05) is 0 Å². The Morgan fingerprint density at radius 1 is 0.857 bits per heavy atom. The minimum Gasteiger partial charge on any atom is -0.464 e. The number of hydrogen-bond donors (Lipinski definition) is 1. The fourth-order valence-electron chi connectivity index (χ4n) is 4.65. The molecular weight excluding hydrogens is 346 g/mol. The number of allylic oxidation sites excluding steroid dienone is 2. The number of fused-ring (bicyclic) bond motifs is 5. The van der Waals surface area contributed by atoms with Crippen LogP contribution in [0.25, 0.3) is 17.2 Å². The highest BCUT2D eigenvalue weighted by atomic mass is 16.5. The number of ether oxygens (including phenoxy) is 1. The van der Waals surface area contributed by atoms with E-state index in [4.69, 9.17) is 10.5 Å². The molecule has 0 fully saturated rings. The molecule has 3 aromatic carbocycles. The maximum Gasteiger partial charge on any atom is 0.249 e. The number of hydrogen-bond acceptors (Lipinski definition) is 2. The molecule has 0 bridgehead atoms. The standard InChI is InChI=1S/C25H19NO2/c1-16-23(24(26)27)25(22(28-16)15-17-9-3-2-4-10-17)20-13-7-5-11-18(20)19-12-6-8-14-21(19)25/h2-15H,1H3,(H2,26,27)/b22-15-. The summed E-state index contributed by atoms with van der Waals surface area (Å²) in [5.41, 5.74) is 10.9. The molecule has 0 unspecified atom stereocenters. The van der Waals surface area contributed by atoms with Crippen LogP contribution in [0.4, 0.5) is 0 Å². The van der Waals surface area contributed by atoms with Gasteiger partial charge < -0.3 is 10.5 Å². The molecule has 1 heterocycles. The first-order chi connectivity index (χ1) is 13.6. The lowest BCUT2D eigenvalue weighted by Gasteiger charge is -2.28. The summed E-state index contributed by atoms with van der Waals surface area (Å²) in [5.74, 6) is 0.809. The summed E-state index contributed by atoms with van der Waals surface area (Å²) in [7, 11) is 0. The van der Waals surface area contributed by atoms with Crippen LogP contribution >= 0.6 is 0 Å². The van der Waals surface area contributed by atoms with E-state index >= 15 is 0 Å². The third kappa shape index (κ3) is 2.07. The summed E-state index contributed by atoms with van der Waals surface area (Å²) in [6.07, 6.45) is 2.01. The molecule has 1 spiro atoms. The van der Waals surface area contributed by atoms with Crippen molar-refractivity contribution in [1.82, 2.24) is 0 Å². The highest BCUT2D eigenvalue weighted by Crippen LogP contribution is 2.60. The lowest BCUT2D eigenvalue weighted by molar-refractivity contribution is -0.115. The van der Waals surface area contributed by atoms with Gasteiger partial charge in [0.2, 0.25) is 5.91 Å². The van der Waals surface area contributed by atoms with Crippen LogP contribution < -0.4 is 5.73 Å². The second-order valence-corrected chi connectivity index (χ2v) is 7.16. The molecule has 1 aliphatic heterocycles. The van der Waals surface area contributed by atoms with Crippen molar-refractivity contribution >= 4 is 12.0 Å². The lowest BCUT2D eigenvalue weighted by atomic mass is 9.70. The summed E-state index contributed by atoms with van der Waals surface area (Å²) >= 11 is 0. The van der Waals surface area contributed by atoms with E-state index in [2.05, 4.69) is 24.3 Å². The van der Waals surface area contributed by atoms with Gasteiger partial charge in [-0.2, -0.15) is 0 Å². The van der Waals surface area contributed by atoms with E-state index in [0.717, 1.165) is 27.8 Å². The van der Waals surface area contributed by atoms with E-state index in [1.165, 1.54) is 0 Å². The topological polar surface area (TPSA) is 52.3 Å². The smallest absolute Gasteiger partial charge is 0.249 e. The zero-order valence-corrected chi connectivity index (χ0v) is 15.5. The Bertz CT molecular complexity index is 1130. The van der Waals surface area contributed by atoms with Gasteiger partial charge in [-0.05, 0) is 40.8 Å². The average Bonchev–Trinajstić information content (AvgIpc) is 3.16. The first kappa shape index (κ1) is 16.6. The van der Waals surface area contributed by atoms with Gasteiger partial charge in [0.05, 0.1) is 5.57 Å². The summed E-state index contributed by atoms with van der Waals surface area (Å²) in [6, 6.07) is 26.4. The van der Waals surface area contributed by atoms with Gasteiger partial charge in [0.15, 0.2) is 0 Å². The molecule has 3 nitrogen and oxygen atoms in total. The molecule has 3 aromatic rings. The Balaban J connectivity index is 1.90. The zero-order chi connectivity index (χ0) is 19.3. The average molecular weight is 365 g/mol. The number of rotatable bonds is 2. The van der Waals surface area contributed by atoms with E-state index in [1.807, 2.05) is 67.6 Å². The number of carbonyl (C=O) groups is 1. The zero-order valence-electron chi connectivity index (χ0n) is 15.5. The van der Waals surface area contributed by atoms with Crippen molar-refractivity contribution in [2.45, 2.75) is 12.3 Å².